The topological polar surface area (TPSA) is 98.4 Å². The molecule has 2 rings (SSSR count). The average molecular weight is 263 g/mol. The van der Waals surface area contributed by atoms with Crippen LogP contribution >= 0.6 is 0 Å². The molecule has 0 spiro atoms. The zero-order chi connectivity index (χ0) is 14.4. The van der Waals surface area contributed by atoms with Gasteiger partial charge in [-0.3, -0.25) is 0 Å². The summed E-state index contributed by atoms with van der Waals surface area (Å²) in [4.78, 5) is 3.84. The van der Waals surface area contributed by atoms with Gasteiger partial charge in [-0.1, -0.05) is 0 Å². The van der Waals surface area contributed by atoms with Gasteiger partial charge in [0.2, 0.25) is 0 Å². The number of benzene rings is 1. The first-order chi connectivity index (χ1) is 9.78. The van der Waals surface area contributed by atoms with Crippen LogP contribution in [0.15, 0.2) is 30.6 Å². The first-order valence-electron chi connectivity index (χ1n) is 5.76. The van der Waals surface area contributed by atoms with Gasteiger partial charge in [0.25, 0.3) is 0 Å². The molecule has 0 fully saturated rings. The number of nitrogens with zero attached hydrogens (tertiary/aromatic N) is 5. The van der Waals surface area contributed by atoms with E-state index in [1.807, 2.05) is 18.2 Å². The fourth-order valence-corrected chi connectivity index (χ4v) is 1.64. The van der Waals surface area contributed by atoms with E-state index in [2.05, 4.69) is 4.98 Å². The van der Waals surface area contributed by atoms with Crippen LogP contribution in [0.2, 0.25) is 0 Å². The third kappa shape index (κ3) is 2.75. The molecule has 0 radical (unpaired) electrons. The second-order valence-corrected chi connectivity index (χ2v) is 3.84. The maximum absolute atomic E-state index is 8.96. The van der Waals surface area contributed by atoms with Crippen LogP contribution in [0.4, 0.5) is 0 Å². The van der Waals surface area contributed by atoms with Gasteiger partial charge in [-0.2, -0.15) is 15.8 Å². The Hall–Kier alpha value is -3.30. The standard InChI is InChI=1S/C14H9N5O/c15-7-11-1-3-12(4-2-11)20-6-5-19-10-18-13(8-16)14(19)9-17/h1-4,10H,5-6H2. The smallest absolute Gasteiger partial charge is 0.176 e. The van der Waals surface area contributed by atoms with E-state index in [9.17, 15) is 0 Å². The van der Waals surface area contributed by atoms with Crippen LogP contribution in [-0.2, 0) is 6.54 Å². The minimum Gasteiger partial charge on any atom is -0.492 e. The third-order valence-electron chi connectivity index (χ3n) is 2.63. The molecule has 1 aromatic heterocycles. The van der Waals surface area contributed by atoms with Gasteiger partial charge in [0.05, 0.1) is 24.5 Å². The predicted octanol–water partition coefficient (Wildman–Crippen LogP) is 1.58. The molecular weight excluding hydrogens is 254 g/mol. The lowest BCUT2D eigenvalue weighted by molar-refractivity contribution is 0.298. The molecule has 1 aromatic carbocycles. The molecule has 0 aliphatic rings. The van der Waals surface area contributed by atoms with Gasteiger partial charge in [-0.25, -0.2) is 4.98 Å². The lowest BCUT2D eigenvalue weighted by Crippen LogP contribution is -2.09. The molecule has 6 nitrogen and oxygen atoms in total. The van der Waals surface area contributed by atoms with Gasteiger partial charge in [0, 0.05) is 0 Å². The van der Waals surface area contributed by atoms with Crippen molar-refractivity contribution in [1.29, 1.82) is 15.8 Å². The summed E-state index contributed by atoms with van der Waals surface area (Å²) in [7, 11) is 0. The van der Waals surface area contributed by atoms with Crippen LogP contribution in [0.25, 0.3) is 0 Å². The van der Waals surface area contributed by atoms with Gasteiger partial charge in [-0.05, 0) is 24.3 Å². The summed E-state index contributed by atoms with van der Waals surface area (Å²) in [6.45, 7) is 0.749. The maximum atomic E-state index is 8.96. The number of rotatable bonds is 4. The van der Waals surface area contributed by atoms with Crippen molar-refractivity contribution in [1.82, 2.24) is 9.55 Å². The molecule has 96 valence electrons. The molecule has 6 heteroatoms. The van der Waals surface area contributed by atoms with E-state index in [4.69, 9.17) is 20.5 Å². The molecule has 0 aliphatic carbocycles. The van der Waals surface area contributed by atoms with Gasteiger partial charge in [-0.15, -0.1) is 0 Å². The van der Waals surface area contributed by atoms with Crippen molar-refractivity contribution in [3.8, 4) is 24.0 Å². The molecule has 0 bridgehead atoms. The van der Waals surface area contributed by atoms with Crippen molar-refractivity contribution in [3.63, 3.8) is 0 Å². The Balaban J connectivity index is 1.97. The Morgan fingerprint density at radius 3 is 2.40 bits per heavy atom. The van der Waals surface area contributed by atoms with Gasteiger partial charge in [0.15, 0.2) is 11.4 Å². The van der Waals surface area contributed by atoms with Crippen LogP contribution in [0.5, 0.6) is 5.75 Å². The summed E-state index contributed by atoms with van der Waals surface area (Å²) in [5, 5.41) is 26.4. The number of aromatic nitrogens is 2. The minimum absolute atomic E-state index is 0.117. The van der Waals surface area contributed by atoms with E-state index in [0.717, 1.165) is 0 Å². The lowest BCUT2D eigenvalue weighted by Gasteiger charge is -2.07. The second-order valence-electron chi connectivity index (χ2n) is 3.84. The molecule has 0 atom stereocenters. The highest BCUT2D eigenvalue weighted by molar-refractivity contribution is 5.36. The minimum atomic E-state index is 0.117. The average Bonchev–Trinajstić information content (AvgIpc) is 2.90. The highest BCUT2D eigenvalue weighted by Crippen LogP contribution is 2.12. The van der Waals surface area contributed by atoms with Gasteiger partial charge >= 0.3 is 0 Å². The number of hydrogen-bond acceptors (Lipinski definition) is 5. The maximum Gasteiger partial charge on any atom is 0.176 e. The van der Waals surface area contributed by atoms with Gasteiger partial charge in [0.1, 0.15) is 24.5 Å². The molecule has 2 aromatic rings. The van der Waals surface area contributed by atoms with Gasteiger partial charge < -0.3 is 9.30 Å². The summed E-state index contributed by atoms with van der Waals surface area (Å²) in [5.41, 5.74) is 0.916. The summed E-state index contributed by atoms with van der Waals surface area (Å²) >= 11 is 0. The van der Waals surface area contributed by atoms with Crippen LogP contribution in [-0.4, -0.2) is 16.2 Å². The van der Waals surface area contributed by atoms with E-state index >= 15 is 0 Å². The van der Waals surface area contributed by atoms with Crippen molar-refractivity contribution in [2.75, 3.05) is 6.61 Å². The Kier molecular flexibility index (Phi) is 3.97. The van der Waals surface area contributed by atoms with Crippen LogP contribution < -0.4 is 4.74 Å². The Morgan fingerprint density at radius 2 is 1.80 bits per heavy atom. The molecule has 0 saturated heterocycles. The Labute approximate surface area is 115 Å². The van der Waals surface area contributed by atoms with E-state index < -0.39 is 0 Å². The van der Waals surface area contributed by atoms with E-state index in [1.165, 1.54) is 6.33 Å². The summed E-state index contributed by atoms with van der Waals surface area (Å²) in [5.74, 6) is 0.642. The van der Waals surface area contributed by atoms with E-state index in [0.29, 0.717) is 24.5 Å². The van der Waals surface area contributed by atoms with Crippen LogP contribution in [0.3, 0.4) is 0 Å². The summed E-state index contributed by atoms with van der Waals surface area (Å²) < 4.78 is 7.07. The Bertz CT molecular complexity index is 725. The zero-order valence-corrected chi connectivity index (χ0v) is 10.4. The zero-order valence-electron chi connectivity index (χ0n) is 10.4. The van der Waals surface area contributed by atoms with Crippen molar-refractivity contribution in [2.24, 2.45) is 0 Å². The molecular formula is C14H9N5O. The molecule has 0 saturated carbocycles. The molecule has 0 aliphatic heterocycles. The molecule has 0 unspecified atom stereocenters. The SMILES string of the molecule is N#Cc1ccc(OCCn2cnc(C#N)c2C#N)cc1. The largest absolute Gasteiger partial charge is 0.492 e. The van der Waals surface area contributed by atoms with Crippen molar-refractivity contribution in [2.45, 2.75) is 6.54 Å². The molecule has 0 amide bonds. The fraction of sp³-hybridized carbons (Fsp3) is 0.143. The number of nitriles is 3. The van der Waals surface area contributed by atoms with Crippen molar-refractivity contribution < 1.29 is 4.74 Å². The molecule has 20 heavy (non-hydrogen) atoms. The molecule has 1 heterocycles. The van der Waals surface area contributed by atoms with Crippen molar-refractivity contribution >= 4 is 0 Å². The summed E-state index contributed by atoms with van der Waals surface area (Å²) in [6, 6.07) is 12.6. The predicted molar refractivity (Wildman–Crippen MR) is 68.3 cm³/mol. The normalized spacial score (nSPS) is 9.25. The van der Waals surface area contributed by atoms with E-state index in [-0.39, 0.29) is 11.4 Å². The highest BCUT2D eigenvalue weighted by Gasteiger charge is 2.09. The number of ether oxygens (including phenoxy) is 1. The number of imidazole rings is 1. The van der Waals surface area contributed by atoms with Crippen LogP contribution in [0.1, 0.15) is 17.0 Å². The van der Waals surface area contributed by atoms with Crippen LogP contribution in [0, 0.1) is 34.0 Å². The Morgan fingerprint density at radius 1 is 1.05 bits per heavy atom. The quantitative estimate of drug-likeness (QED) is 0.833. The highest BCUT2D eigenvalue weighted by atomic mass is 16.5. The van der Waals surface area contributed by atoms with Crippen molar-refractivity contribution in [3.05, 3.63) is 47.5 Å². The van der Waals surface area contributed by atoms with E-state index in [1.54, 1.807) is 28.8 Å². The first kappa shape index (κ1) is 13.1. The monoisotopic (exact) mass is 263 g/mol. The first-order valence-corrected chi connectivity index (χ1v) is 5.76. The third-order valence-corrected chi connectivity index (χ3v) is 2.63. The second kappa shape index (κ2) is 6.04. The lowest BCUT2D eigenvalue weighted by atomic mass is 10.2. The summed E-state index contributed by atoms with van der Waals surface area (Å²) in [6.07, 6.45) is 1.44. The number of hydrogen-bond donors (Lipinski definition) is 0. The molecule has 0 N–H and O–H groups in total. The fourth-order valence-electron chi connectivity index (χ4n) is 1.64.